The summed E-state index contributed by atoms with van der Waals surface area (Å²) in [6.07, 6.45) is 0.130. The van der Waals surface area contributed by atoms with E-state index in [-0.39, 0.29) is 11.5 Å². The van der Waals surface area contributed by atoms with Gasteiger partial charge in [-0.25, -0.2) is 0 Å². The second-order valence-electron chi connectivity index (χ2n) is 4.90. The van der Waals surface area contributed by atoms with Crippen LogP contribution in [-0.4, -0.2) is 12.6 Å². The van der Waals surface area contributed by atoms with E-state index in [1.807, 2.05) is 32.0 Å². The zero-order chi connectivity index (χ0) is 12.3. The van der Waals surface area contributed by atoms with Crippen molar-refractivity contribution in [1.82, 2.24) is 0 Å². The third-order valence-corrected chi connectivity index (χ3v) is 2.88. The summed E-state index contributed by atoms with van der Waals surface area (Å²) in [6.45, 7) is 8.75. The standard InChI is InChI=1S/C13H20ClNO/c1-9(2)16-12-6-5-10(7-11(12)14)13(3,4)8-15/h5-7,9H,8,15H2,1-4H3. The molecule has 1 rings (SSSR count). The molecule has 2 nitrogen and oxygen atoms in total. The van der Waals surface area contributed by atoms with Gasteiger partial charge in [-0.1, -0.05) is 31.5 Å². The number of hydrogen-bond donors (Lipinski definition) is 1. The number of benzene rings is 1. The molecule has 0 atom stereocenters. The molecular weight excluding hydrogens is 222 g/mol. The van der Waals surface area contributed by atoms with Crippen LogP contribution in [0.2, 0.25) is 5.02 Å². The minimum Gasteiger partial charge on any atom is -0.489 e. The molecule has 90 valence electrons. The fourth-order valence-corrected chi connectivity index (χ4v) is 1.61. The molecule has 0 bridgehead atoms. The molecule has 0 saturated heterocycles. The van der Waals surface area contributed by atoms with Gasteiger partial charge in [0, 0.05) is 12.0 Å². The summed E-state index contributed by atoms with van der Waals surface area (Å²) < 4.78 is 5.58. The van der Waals surface area contributed by atoms with Crippen LogP contribution in [-0.2, 0) is 5.41 Å². The number of nitrogens with two attached hydrogens (primary N) is 1. The molecule has 0 saturated carbocycles. The first-order valence-corrected chi connectivity index (χ1v) is 5.91. The van der Waals surface area contributed by atoms with Crippen LogP contribution in [0.3, 0.4) is 0 Å². The molecule has 0 heterocycles. The summed E-state index contributed by atoms with van der Waals surface area (Å²) in [7, 11) is 0. The van der Waals surface area contributed by atoms with E-state index in [1.54, 1.807) is 0 Å². The van der Waals surface area contributed by atoms with E-state index in [1.165, 1.54) is 0 Å². The molecule has 0 aliphatic heterocycles. The zero-order valence-electron chi connectivity index (χ0n) is 10.4. The van der Waals surface area contributed by atoms with Crippen molar-refractivity contribution < 1.29 is 4.74 Å². The summed E-state index contributed by atoms with van der Waals surface area (Å²) in [4.78, 5) is 0. The van der Waals surface area contributed by atoms with E-state index >= 15 is 0 Å². The Morgan fingerprint density at radius 3 is 2.44 bits per heavy atom. The van der Waals surface area contributed by atoms with Crippen molar-refractivity contribution >= 4 is 11.6 Å². The van der Waals surface area contributed by atoms with Crippen molar-refractivity contribution in [3.63, 3.8) is 0 Å². The highest BCUT2D eigenvalue weighted by Crippen LogP contribution is 2.31. The SMILES string of the molecule is CC(C)Oc1ccc(C(C)(C)CN)cc1Cl. The Morgan fingerprint density at radius 2 is 2.00 bits per heavy atom. The number of halogens is 1. The van der Waals surface area contributed by atoms with Crippen LogP contribution in [0.5, 0.6) is 5.75 Å². The number of hydrogen-bond acceptors (Lipinski definition) is 2. The summed E-state index contributed by atoms with van der Waals surface area (Å²) in [6, 6.07) is 5.87. The third kappa shape index (κ3) is 3.13. The second kappa shape index (κ2) is 5.07. The van der Waals surface area contributed by atoms with Gasteiger partial charge in [0.05, 0.1) is 11.1 Å². The minimum atomic E-state index is -0.0556. The lowest BCUT2D eigenvalue weighted by Crippen LogP contribution is -2.28. The van der Waals surface area contributed by atoms with Crippen LogP contribution < -0.4 is 10.5 Å². The first kappa shape index (κ1) is 13.3. The molecule has 0 unspecified atom stereocenters. The zero-order valence-corrected chi connectivity index (χ0v) is 11.1. The largest absolute Gasteiger partial charge is 0.489 e. The van der Waals surface area contributed by atoms with Crippen LogP contribution in [0.25, 0.3) is 0 Å². The summed E-state index contributed by atoms with van der Waals surface area (Å²) in [5, 5.41) is 0.646. The van der Waals surface area contributed by atoms with Crippen molar-refractivity contribution in [2.45, 2.75) is 39.2 Å². The molecule has 0 aliphatic rings. The van der Waals surface area contributed by atoms with Crippen LogP contribution in [0.4, 0.5) is 0 Å². The van der Waals surface area contributed by atoms with Gasteiger partial charge in [0.2, 0.25) is 0 Å². The van der Waals surface area contributed by atoms with Gasteiger partial charge in [-0.05, 0) is 31.5 Å². The molecule has 1 aromatic rings. The van der Waals surface area contributed by atoms with Crippen molar-refractivity contribution in [2.75, 3.05) is 6.54 Å². The Labute approximate surface area is 103 Å². The van der Waals surface area contributed by atoms with E-state index in [0.29, 0.717) is 11.6 Å². The average molecular weight is 242 g/mol. The summed E-state index contributed by atoms with van der Waals surface area (Å²) in [5.41, 5.74) is 6.81. The molecule has 0 spiro atoms. The fourth-order valence-electron chi connectivity index (χ4n) is 1.39. The van der Waals surface area contributed by atoms with E-state index in [0.717, 1.165) is 11.3 Å². The van der Waals surface area contributed by atoms with Gasteiger partial charge in [0.1, 0.15) is 5.75 Å². The van der Waals surface area contributed by atoms with E-state index in [4.69, 9.17) is 22.1 Å². The van der Waals surface area contributed by atoms with E-state index in [9.17, 15) is 0 Å². The maximum atomic E-state index is 6.17. The van der Waals surface area contributed by atoms with Crippen LogP contribution in [0.15, 0.2) is 18.2 Å². The predicted octanol–water partition coefficient (Wildman–Crippen LogP) is 3.36. The Morgan fingerprint density at radius 1 is 1.38 bits per heavy atom. The monoisotopic (exact) mass is 241 g/mol. The maximum absolute atomic E-state index is 6.17. The maximum Gasteiger partial charge on any atom is 0.138 e. The van der Waals surface area contributed by atoms with E-state index < -0.39 is 0 Å². The normalized spacial score (nSPS) is 11.9. The predicted molar refractivity (Wildman–Crippen MR) is 69.3 cm³/mol. The third-order valence-electron chi connectivity index (χ3n) is 2.59. The van der Waals surface area contributed by atoms with Crippen molar-refractivity contribution in [3.8, 4) is 5.75 Å². The molecule has 0 aliphatic carbocycles. The average Bonchev–Trinajstić information content (AvgIpc) is 2.20. The Bertz CT molecular complexity index is 361. The Hall–Kier alpha value is -0.730. The molecule has 1 aromatic carbocycles. The van der Waals surface area contributed by atoms with Gasteiger partial charge in [-0.15, -0.1) is 0 Å². The van der Waals surface area contributed by atoms with Gasteiger partial charge in [-0.2, -0.15) is 0 Å². The van der Waals surface area contributed by atoms with Crippen LogP contribution in [0.1, 0.15) is 33.3 Å². The number of ether oxygens (including phenoxy) is 1. The molecule has 3 heteroatoms. The molecule has 0 radical (unpaired) electrons. The Balaban J connectivity index is 2.99. The van der Waals surface area contributed by atoms with Crippen molar-refractivity contribution in [3.05, 3.63) is 28.8 Å². The van der Waals surface area contributed by atoms with Gasteiger partial charge >= 0.3 is 0 Å². The lowest BCUT2D eigenvalue weighted by Gasteiger charge is -2.24. The van der Waals surface area contributed by atoms with Crippen LogP contribution >= 0.6 is 11.6 Å². The minimum absolute atomic E-state index is 0.0556. The highest BCUT2D eigenvalue weighted by Gasteiger charge is 2.19. The quantitative estimate of drug-likeness (QED) is 0.877. The molecular formula is C13H20ClNO. The highest BCUT2D eigenvalue weighted by atomic mass is 35.5. The second-order valence-corrected chi connectivity index (χ2v) is 5.31. The highest BCUT2D eigenvalue weighted by molar-refractivity contribution is 6.32. The van der Waals surface area contributed by atoms with Gasteiger partial charge in [0.15, 0.2) is 0 Å². The van der Waals surface area contributed by atoms with Gasteiger partial charge < -0.3 is 10.5 Å². The van der Waals surface area contributed by atoms with E-state index in [2.05, 4.69) is 13.8 Å². The summed E-state index contributed by atoms with van der Waals surface area (Å²) in [5.74, 6) is 0.730. The lowest BCUT2D eigenvalue weighted by atomic mass is 9.85. The van der Waals surface area contributed by atoms with Crippen molar-refractivity contribution in [1.29, 1.82) is 0 Å². The van der Waals surface area contributed by atoms with Crippen molar-refractivity contribution in [2.24, 2.45) is 5.73 Å². The first-order chi connectivity index (χ1) is 7.36. The van der Waals surface area contributed by atoms with Gasteiger partial charge in [0.25, 0.3) is 0 Å². The lowest BCUT2D eigenvalue weighted by molar-refractivity contribution is 0.242. The topological polar surface area (TPSA) is 35.2 Å². The molecule has 0 amide bonds. The Kier molecular flexibility index (Phi) is 4.22. The molecule has 2 N–H and O–H groups in total. The first-order valence-electron chi connectivity index (χ1n) is 5.53. The van der Waals surface area contributed by atoms with Gasteiger partial charge in [-0.3, -0.25) is 0 Å². The number of rotatable bonds is 4. The smallest absolute Gasteiger partial charge is 0.138 e. The fraction of sp³-hybridized carbons (Fsp3) is 0.538. The summed E-state index contributed by atoms with van der Waals surface area (Å²) >= 11 is 6.17. The molecule has 0 aromatic heterocycles. The molecule has 16 heavy (non-hydrogen) atoms. The van der Waals surface area contributed by atoms with Crippen LogP contribution in [0, 0.1) is 0 Å². The molecule has 0 fully saturated rings.